The Bertz CT molecular complexity index is 721. The lowest BCUT2D eigenvalue weighted by Gasteiger charge is -2.16. The van der Waals surface area contributed by atoms with Gasteiger partial charge in [0.2, 0.25) is 0 Å². The Balaban J connectivity index is 1.70. The first-order chi connectivity index (χ1) is 12.0. The monoisotopic (exact) mass is 377 g/mol. The molecule has 2 rings (SSSR count). The zero-order valence-electron chi connectivity index (χ0n) is 14.8. The highest BCUT2D eigenvalue weighted by molar-refractivity contribution is 7.98. The first-order valence-electron chi connectivity index (χ1n) is 8.29. The molecule has 0 saturated heterocycles. The SMILES string of the molecule is Cc1ccc(C)c(O[C@H](C)C(=O)NCCSCc2cccc(Cl)c2)c1. The van der Waals surface area contributed by atoms with Gasteiger partial charge in [-0.2, -0.15) is 11.8 Å². The summed E-state index contributed by atoms with van der Waals surface area (Å²) < 4.78 is 5.79. The van der Waals surface area contributed by atoms with Crippen molar-refractivity contribution in [3.8, 4) is 5.75 Å². The molecule has 134 valence electrons. The fourth-order valence-electron chi connectivity index (χ4n) is 2.29. The molecule has 0 bridgehead atoms. The van der Waals surface area contributed by atoms with Gasteiger partial charge in [-0.25, -0.2) is 0 Å². The fraction of sp³-hybridized carbons (Fsp3) is 0.350. The molecule has 0 fully saturated rings. The molecule has 0 saturated carbocycles. The second-order valence-corrected chi connectivity index (χ2v) is 7.54. The van der Waals surface area contributed by atoms with Gasteiger partial charge in [0.05, 0.1) is 0 Å². The first kappa shape index (κ1) is 19.7. The van der Waals surface area contributed by atoms with E-state index in [-0.39, 0.29) is 5.91 Å². The van der Waals surface area contributed by atoms with Gasteiger partial charge >= 0.3 is 0 Å². The zero-order chi connectivity index (χ0) is 18.2. The van der Waals surface area contributed by atoms with Gasteiger partial charge in [-0.05, 0) is 55.7 Å². The Morgan fingerprint density at radius 3 is 2.80 bits per heavy atom. The largest absolute Gasteiger partial charge is 0.481 e. The van der Waals surface area contributed by atoms with Crippen LogP contribution in [0.4, 0.5) is 0 Å². The summed E-state index contributed by atoms with van der Waals surface area (Å²) in [5.41, 5.74) is 3.34. The van der Waals surface area contributed by atoms with E-state index >= 15 is 0 Å². The number of thioether (sulfide) groups is 1. The molecule has 0 spiro atoms. The van der Waals surface area contributed by atoms with Crippen molar-refractivity contribution in [3.05, 3.63) is 64.2 Å². The summed E-state index contributed by atoms with van der Waals surface area (Å²) in [6.45, 7) is 6.38. The summed E-state index contributed by atoms with van der Waals surface area (Å²) in [5, 5.41) is 3.68. The van der Waals surface area contributed by atoms with Crippen LogP contribution in [0, 0.1) is 13.8 Å². The predicted molar refractivity (Wildman–Crippen MR) is 107 cm³/mol. The maximum Gasteiger partial charge on any atom is 0.260 e. The number of rotatable bonds is 8. The second-order valence-electron chi connectivity index (χ2n) is 6.00. The molecule has 0 aromatic heterocycles. The molecule has 0 unspecified atom stereocenters. The molecule has 2 aromatic rings. The Hall–Kier alpha value is -1.65. The van der Waals surface area contributed by atoms with Crippen molar-refractivity contribution >= 4 is 29.3 Å². The van der Waals surface area contributed by atoms with Gasteiger partial charge in [0.1, 0.15) is 5.75 Å². The zero-order valence-corrected chi connectivity index (χ0v) is 16.4. The van der Waals surface area contributed by atoms with Gasteiger partial charge in [0.15, 0.2) is 6.10 Å². The second kappa shape index (κ2) is 9.73. The van der Waals surface area contributed by atoms with Crippen molar-refractivity contribution in [1.29, 1.82) is 0 Å². The Morgan fingerprint density at radius 1 is 1.24 bits per heavy atom. The molecule has 1 atom stereocenters. The molecule has 0 aliphatic carbocycles. The Morgan fingerprint density at radius 2 is 2.04 bits per heavy atom. The molecule has 0 aliphatic heterocycles. The van der Waals surface area contributed by atoms with Gasteiger partial charge < -0.3 is 10.1 Å². The molecular weight excluding hydrogens is 354 g/mol. The van der Waals surface area contributed by atoms with E-state index in [0.717, 1.165) is 33.4 Å². The highest BCUT2D eigenvalue weighted by Gasteiger charge is 2.15. The number of nitrogens with one attached hydrogen (secondary N) is 1. The number of benzene rings is 2. The first-order valence-corrected chi connectivity index (χ1v) is 9.83. The van der Waals surface area contributed by atoms with E-state index in [1.807, 2.05) is 50.2 Å². The minimum Gasteiger partial charge on any atom is -0.481 e. The van der Waals surface area contributed by atoms with Crippen LogP contribution in [0.5, 0.6) is 5.75 Å². The quantitative estimate of drug-likeness (QED) is 0.673. The molecule has 25 heavy (non-hydrogen) atoms. The van der Waals surface area contributed by atoms with Gasteiger partial charge in [-0.1, -0.05) is 35.9 Å². The normalized spacial score (nSPS) is 11.8. The maximum atomic E-state index is 12.2. The number of hydrogen-bond donors (Lipinski definition) is 1. The Kier molecular flexibility index (Phi) is 7.66. The smallest absolute Gasteiger partial charge is 0.260 e. The predicted octanol–water partition coefficient (Wildman–Crippen LogP) is 4.77. The van der Waals surface area contributed by atoms with Crippen LogP contribution in [0.1, 0.15) is 23.6 Å². The van der Waals surface area contributed by atoms with Crippen molar-refractivity contribution in [2.24, 2.45) is 0 Å². The van der Waals surface area contributed by atoms with E-state index in [1.165, 1.54) is 5.56 Å². The van der Waals surface area contributed by atoms with Crippen molar-refractivity contribution in [1.82, 2.24) is 5.32 Å². The molecule has 3 nitrogen and oxygen atoms in total. The van der Waals surface area contributed by atoms with Crippen molar-refractivity contribution in [2.75, 3.05) is 12.3 Å². The lowest BCUT2D eigenvalue weighted by atomic mass is 10.1. The summed E-state index contributed by atoms with van der Waals surface area (Å²) in [4.78, 5) is 12.2. The van der Waals surface area contributed by atoms with Gasteiger partial charge in [-0.3, -0.25) is 4.79 Å². The van der Waals surface area contributed by atoms with Crippen LogP contribution >= 0.6 is 23.4 Å². The Labute approximate surface area is 159 Å². The number of halogens is 1. The van der Waals surface area contributed by atoms with Gasteiger partial charge in [-0.15, -0.1) is 0 Å². The van der Waals surface area contributed by atoms with Crippen LogP contribution in [-0.4, -0.2) is 24.3 Å². The van der Waals surface area contributed by atoms with Gasteiger partial charge in [0, 0.05) is 23.1 Å². The third-order valence-corrected chi connectivity index (χ3v) is 4.99. The lowest BCUT2D eigenvalue weighted by molar-refractivity contribution is -0.127. The highest BCUT2D eigenvalue weighted by Crippen LogP contribution is 2.20. The minimum atomic E-state index is -0.515. The van der Waals surface area contributed by atoms with E-state index in [1.54, 1.807) is 18.7 Å². The molecule has 2 aromatic carbocycles. The van der Waals surface area contributed by atoms with Crippen molar-refractivity contribution < 1.29 is 9.53 Å². The van der Waals surface area contributed by atoms with E-state index in [9.17, 15) is 4.79 Å². The van der Waals surface area contributed by atoms with Crippen LogP contribution in [0.15, 0.2) is 42.5 Å². The lowest BCUT2D eigenvalue weighted by Crippen LogP contribution is -2.37. The number of carbonyl (C=O) groups is 1. The molecule has 1 amide bonds. The average Bonchev–Trinajstić information content (AvgIpc) is 2.57. The summed E-state index contributed by atoms with van der Waals surface area (Å²) in [5.74, 6) is 2.39. The summed E-state index contributed by atoms with van der Waals surface area (Å²) in [6, 6.07) is 13.8. The average molecular weight is 378 g/mol. The molecular formula is C20H24ClNO2S. The highest BCUT2D eigenvalue weighted by atomic mass is 35.5. The van der Waals surface area contributed by atoms with E-state index in [0.29, 0.717) is 6.54 Å². The minimum absolute atomic E-state index is 0.0933. The standard InChI is InChI=1S/C20H24ClNO2S/c1-14-7-8-15(2)19(11-14)24-16(3)20(23)22-9-10-25-13-17-5-4-6-18(21)12-17/h4-8,11-12,16H,9-10,13H2,1-3H3,(H,22,23)/t16-/m1/s1. The summed E-state index contributed by atoms with van der Waals surface area (Å²) in [6.07, 6.45) is -0.515. The number of aryl methyl sites for hydroxylation is 2. The van der Waals surface area contributed by atoms with Crippen molar-refractivity contribution in [3.63, 3.8) is 0 Å². The van der Waals surface area contributed by atoms with Crippen LogP contribution in [-0.2, 0) is 10.5 Å². The molecule has 1 N–H and O–H groups in total. The third kappa shape index (κ3) is 6.63. The molecule has 5 heteroatoms. The number of amides is 1. The van der Waals surface area contributed by atoms with Crippen molar-refractivity contribution in [2.45, 2.75) is 32.6 Å². The summed E-state index contributed by atoms with van der Waals surface area (Å²) >= 11 is 7.73. The summed E-state index contributed by atoms with van der Waals surface area (Å²) in [7, 11) is 0. The van der Waals surface area contributed by atoms with Crippen LogP contribution in [0.25, 0.3) is 0 Å². The maximum absolute atomic E-state index is 12.2. The van der Waals surface area contributed by atoms with Crippen LogP contribution in [0.3, 0.4) is 0 Å². The topological polar surface area (TPSA) is 38.3 Å². The molecule has 0 aliphatic rings. The van der Waals surface area contributed by atoms with Gasteiger partial charge in [0.25, 0.3) is 5.91 Å². The number of carbonyl (C=O) groups excluding carboxylic acids is 1. The molecule has 0 radical (unpaired) electrons. The van der Waals surface area contributed by atoms with Crippen LogP contribution in [0.2, 0.25) is 5.02 Å². The van der Waals surface area contributed by atoms with E-state index in [4.69, 9.17) is 16.3 Å². The van der Waals surface area contributed by atoms with E-state index in [2.05, 4.69) is 11.4 Å². The number of ether oxygens (including phenoxy) is 1. The number of hydrogen-bond acceptors (Lipinski definition) is 3. The van der Waals surface area contributed by atoms with E-state index < -0.39 is 6.10 Å². The molecule has 0 heterocycles. The fourth-order valence-corrected chi connectivity index (χ4v) is 3.30. The third-order valence-electron chi connectivity index (χ3n) is 3.72. The van der Waals surface area contributed by atoms with Crippen LogP contribution < -0.4 is 10.1 Å².